The molecule has 0 saturated carbocycles. The summed E-state index contributed by atoms with van der Waals surface area (Å²) in [5.41, 5.74) is 1.05. The summed E-state index contributed by atoms with van der Waals surface area (Å²) in [5, 5.41) is 20.2. The van der Waals surface area contributed by atoms with Gasteiger partial charge in [0.25, 0.3) is 0 Å². The van der Waals surface area contributed by atoms with Crippen LogP contribution in [0.15, 0.2) is 36.4 Å². The van der Waals surface area contributed by atoms with Gasteiger partial charge in [0.1, 0.15) is 23.0 Å². The van der Waals surface area contributed by atoms with E-state index in [0.29, 0.717) is 0 Å². The molecule has 0 aliphatic rings. The van der Waals surface area contributed by atoms with Crippen LogP contribution in [0.3, 0.4) is 0 Å². The summed E-state index contributed by atoms with van der Waals surface area (Å²) in [4.78, 5) is 12.0. The van der Waals surface area contributed by atoms with Gasteiger partial charge in [-0.3, -0.25) is 0 Å². The predicted molar refractivity (Wildman–Crippen MR) is 100 cm³/mol. The third kappa shape index (κ3) is 4.69. The second kappa shape index (κ2) is 6.90. The lowest BCUT2D eigenvalue weighted by molar-refractivity contribution is 0.151. The first-order valence-corrected chi connectivity index (χ1v) is 8.44. The first-order valence-electron chi connectivity index (χ1n) is 8.44. The van der Waals surface area contributed by atoms with Gasteiger partial charge < -0.3 is 19.7 Å². The van der Waals surface area contributed by atoms with Crippen molar-refractivity contribution in [3.8, 4) is 23.0 Å². The zero-order chi connectivity index (χ0) is 19.7. The Morgan fingerprint density at radius 3 is 1.35 bits per heavy atom. The van der Waals surface area contributed by atoms with Gasteiger partial charge in [-0.1, -0.05) is 53.7 Å². The van der Waals surface area contributed by atoms with Crippen LogP contribution in [-0.2, 0) is 10.8 Å². The third-order valence-corrected chi connectivity index (χ3v) is 3.96. The van der Waals surface area contributed by atoms with Crippen LogP contribution in [-0.4, -0.2) is 16.4 Å². The molecule has 0 aliphatic carbocycles. The second-order valence-electron chi connectivity index (χ2n) is 8.31. The van der Waals surface area contributed by atoms with E-state index in [0.717, 1.165) is 11.1 Å². The van der Waals surface area contributed by atoms with Crippen LogP contribution in [0.1, 0.15) is 52.7 Å². The fraction of sp³-hybridized carbons (Fsp3) is 0.381. The van der Waals surface area contributed by atoms with Crippen molar-refractivity contribution in [3.05, 3.63) is 47.5 Å². The highest BCUT2D eigenvalue weighted by molar-refractivity contribution is 5.68. The van der Waals surface area contributed by atoms with Gasteiger partial charge in [-0.2, -0.15) is 0 Å². The highest BCUT2D eigenvalue weighted by Crippen LogP contribution is 2.34. The van der Waals surface area contributed by atoms with Gasteiger partial charge in [0.05, 0.1) is 0 Å². The molecule has 0 aliphatic heterocycles. The molecule has 0 fully saturated rings. The molecule has 0 radical (unpaired) electrons. The van der Waals surface area contributed by atoms with Crippen LogP contribution in [0, 0.1) is 0 Å². The Labute approximate surface area is 154 Å². The number of hydrogen-bond acceptors (Lipinski definition) is 5. The Balaban J connectivity index is 2.10. The lowest BCUT2D eigenvalue weighted by Gasteiger charge is -2.21. The number of phenols is 2. The lowest BCUT2D eigenvalue weighted by Crippen LogP contribution is -2.15. The summed E-state index contributed by atoms with van der Waals surface area (Å²) >= 11 is 0. The maximum absolute atomic E-state index is 12.0. The van der Waals surface area contributed by atoms with Crippen molar-refractivity contribution in [1.82, 2.24) is 0 Å². The molecule has 0 bridgehead atoms. The molecule has 0 atom stereocenters. The molecule has 5 heteroatoms. The van der Waals surface area contributed by atoms with Gasteiger partial charge >= 0.3 is 6.16 Å². The average molecular weight is 358 g/mol. The van der Waals surface area contributed by atoms with Crippen LogP contribution >= 0.6 is 0 Å². The third-order valence-electron chi connectivity index (χ3n) is 3.96. The highest BCUT2D eigenvalue weighted by Gasteiger charge is 2.21. The van der Waals surface area contributed by atoms with E-state index in [2.05, 4.69) is 0 Å². The molecular formula is C21H26O5. The topological polar surface area (TPSA) is 76.0 Å². The van der Waals surface area contributed by atoms with Gasteiger partial charge in [0, 0.05) is 12.1 Å². The normalized spacial score (nSPS) is 11.9. The van der Waals surface area contributed by atoms with Crippen LogP contribution in [0.4, 0.5) is 4.79 Å². The maximum Gasteiger partial charge on any atom is 0.519 e. The molecule has 0 heterocycles. The first kappa shape index (κ1) is 19.6. The highest BCUT2D eigenvalue weighted by atomic mass is 16.7. The number of carbonyl (C=O) groups excluding carboxylic acids is 1. The molecule has 0 unspecified atom stereocenters. The minimum atomic E-state index is -0.948. The Hall–Kier alpha value is -2.69. The lowest BCUT2D eigenvalue weighted by atomic mass is 9.86. The van der Waals surface area contributed by atoms with Crippen LogP contribution in [0.2, 0.25) is 0 Å². The van der Waals surface area contributed by atoms with Crippen molar-refractivity contribution in [1.29, 1.82) is 0 Å². The fourth-order valence-corrected chi connectivity index (χ4v) is 2.63. The number of rotatable bonds is 2. The molecule has 0 amide bonds. The molecule has 26 heavy (non-hydrogen) atoms. The number of carbonyl (C=O) groups is 1. The Bertz CT molecular complexity index is 743. The largest absolute Gasteiger partial charge is 0.519 e. The fourth-order valence-electron chi connectivity index (χ4n) is 2.63. The molecule has 2 rings (SSSR count). The Kier molecular flexibility index (Phi) is 5.21. The van der Waals surface area contributed by atoms with Crippen molar-refractivity contribution in [3.63, 3.8) is 0 Å². The first-order chi connectivity index (χ1) is 11.9. The SMILES string of the molecule is CC(C)(C)c1ccc(OC(=O)Oc2ccc(C(C)(C)C)c(O)c2)cc1O. The summed E-state index contributed by atoms with van der Waals surface area (Å²) in [5.74, 6) is 0.456. The van der Waals surface area contributed by atoms with Crippen molar-refractivity contribution < 1.29 is 24.5 Å². The quantitative estimate of drug-likeness (QED) is 0.565. The van der Waals surface area contributed by atoms with E-state index in [9.17, 15) is 15.0 Å². The van der Waals surface area contributed by atoms with E-state index in [1.165, 1.54) is 12.1 Å². The number of ether oxygens (including phenoxy) is 2. The summed E-state index contributed by atoms with van der Waals surface area (Å²) in [7, 11) is 0. The van der Waals surface area contributed by atoms with E-state index in [1.54, 1.807) is 24.3 Å². The van der Waals surface area contributed by atoms with Crippen LogP contribution in [0.25, 0.3) is 0 Å². The number of hydrogen-bond donors (Lipinski definition) is 2. The molecule has 140 valence electrons. The summed E-state index contributed by atoms with van der Waals surface area (Å²) in [6.45, 7) is 11.9. The number of phenolic OH excluding ortho intramolecular Hbond substituents is 2. The zero-order valence-electron chi connectivity index (χ0n) is 16.1. The van der Waals surface area contributed by atoms with E-state index < -0.39 is 6.16 Å². The number of aromatic hydroxyl groups is 2. The monoisotopic (exact) mass is 358 g/mol. The van der Waals surface area contributed by atoms with E-state index in [4.69, 9.17) is 9.47 Å². The minimum absolute atomic E-state index is 0.0509. The average Bonchev–Trinajstić information content (AvgIpc) is 2.44. The van der Waals surface area contributed by atoms with Gasteiger partial charge in [0.2, 0.25) is 0 Å². The number of benzene rings is 2. The van der Waals surface area contributed by atoms with Crippen molar-refractivity contribution >= 4 is 6.16 Å². The molecule has 0 saturated heterocycles. The van der Waals surface area contributed by atoms with Crippen molar-refractivity contribution in [2.45, 2.75) is 52.4 Å². The summed E-state index contributed by atoms with van der Waals surface area (Å²) in [6, 6.07) is 9.37. The van der Waals surface area contributed by atoms with E-state index in [-0.39, 0.29) is 33.8 Å². The summed E-state index contributed by atoms with van der Waals surface area (Å²) in [6.07, 6.45) is -0.948. The minimum Gasteiger partial charge on any atom is -0.508 e. The van der Waals surface area contributed by atoms with Crippen molar-refractivity contribution in [2.75, 3.05) is 0 Å². The standard InChI is InChI=1S/C21H26O5/c1-20(2,3)15-9-7-13(11-17(15)22)25-19(24)26-14-8-10-16(18(23)12-14)21(4,5)6/h7-12,22-23H,1-6H3. The molecular weight excluding hydrogens is 332 g/mol. The molecule has 5 nitrogen and oxygen atoms in total. The predicted octanol–water partition coefficient (Wildman–Crippen LogP) is 5.27. The van der Waals surface area contributed by atoms with E-state index >= 15 is 0 Å². The Morgan fingerprint density at radius 1 is 0.731 bits per heavy atom. The molecule has 0 aromatic heterocycles. The van der Waals surface area contributed by atoms with Crippen LogP contribution in [0.5, 0.6) is 23.0 Å². The van der Waals surface area contributed by atoms with Gasteiger partial charge in [-0.15, -0.1) is 0 Å². The maximum atomic E-state index is 12.0. The Morgan fingerprint density at radius 2 is 1.08 bits per heavy atom. The second-order valence-corrected chi connectivity index (χ2v) is 8.31. The van der Waals surface area contributed by atoms with Crippen LogP contribution < -0.4 is 9.47 Å². The molecule has 2 N–H and O–H groups in total. The van der Waals surface area contributed by atoms with Gasteiger partial charge in [0.15, 0.2) is 0 Å². The van der Waals surface area contributed by atoms with Crippen molar-refractivity contribution in [2.24, 2.45) is 0 Å². The van der Waals surface area contributed by atoms with Gasteiger partial charge in [-0.05, 0) is 34.1 Å². The zero-order valence-corrected chi connectivity index (χ0v) is 16.1. The molecule has 2 aromatic carbocycles. The molecule has 0 spiro atoms. The van der Waals surface area contributed by atoms with E-state index in [1.807, 2.05) is 41.5 Å². The summed E-state index contributed by atoms with van der Waals surface area (Å²) < 4.78 is 10.2. The molecule has 2 aromatic rings. The smallest absolute Gasteiger partial charge is 0.508 e. The van der Waals surface area contributed by atoms with Gasteiger partial charge in [-0.25, -0.2) is 4.79 Å².